The Hall–Kier alpha value is -2.53. The van der Waals surface area contributed by atoms with Crippen molar-refractivity contribution >= 4 is 29.2 Å². The number of anilines is 1. The van der Waals surface area contributed by atoms with E-state index in [0.717, 1.165) is 11.1 Å². The van der Waals surface area contributed by atoms with Gasteiger partial charge in [-0.05, 0) is 49.2 Å². The molecule has 2 rings (SSSR count). The van der Waals surface area contributed by atoms with E-state index in [1.165, 1.54) is 18.2 Å². The molecule has 0 radical (unpaired) electrons. The summed E-state index contributed by atoms with van der Waals surface area (Å²) in [6, 6.07) is 9.68. The number of halogens is 1. The molecule has 1 amide bonds. The normalized spacial score (nSPS) is 10.2. The molecule has 0 saturated heterocycles. The fraction of sp³-hybridized carbons (Fsp3) is 0.176. The van der Waals surface area contributed by atoms with Crippen molar-refractivity contribution < 1.29 is 19.4 Å². The van der Waals surface area contributed by atoms with Gasteiger partial charge in [0.05, 0.1) is 0 Å². The van der Waals surface area contributed by atoms with Gasteiger partial charge < -0.3 is 15.2 Å². The number of hydrogen-bond acceptors (Lipinski definition) is 4. The van der Waals surface area contributed by atoms with Gasteiger partial charge in [0.15, 0.2) is 6.61 Å². The van der Waals surface area contributed by atoms with Crippen LogP contribution in [0.15, 0.2) is 36.4 Å². The smallest absolute Gasteiger partial charge is 0.342 e. The van der Waals surface area contributed by atoms with Crippen LogP contribution in [-0.4, -0.2) is 23.6 Å². The molecule has 2 aromatic rings. The molecule has 0 atom stereocenters. The number of nitrogens with one attached hydrogen (secondary N) is 1. The van der Waals surface area contributed by atoms with Gasteiger partial charge in [0.25, 0.3) is 5.91 Å². The number of aryl methyl sites for hydroxylation is 2. The highest BCUT2D eigenvalue weighted by atomic mass is 35.5. The maximum atomic E-state index is 11.9. The first-order valence-electron chi connectivity index (χ1n) is 6.89. The maximum Gasteiger partial charge on any atom is 0.342 e. The molecule has 0 spiro atoms. The van der Waals surface area contributed by atoms with Gasteiger partial charge in [0.1, 0.15) is 11.3 Å². The van der Waals surface area contributed by atoms with Crippen LogP contribution in [0.2, 0.25) is 5.02 Å². The molecule has 120 valence electrons. The molecule has 2 aromatic carbocycles. The second-order valence-electron chi connectivity index (χ2n) is 5.10. The molecule has 0 unspecified atom stereocenters. The lowest BCUT2D eigenvalue weighted by Gasteiger charge is -2.10. The van der Waals surface area contributed by atoms with E-state index in [2.05, 4.69) is 5.32 Å². The monoisotopic (exact) mass is 333 g/mol. The molecule has 0 heterocycles. The standard InChI is InChI=1S/C17H16ClNO4/c1-10-3-4-11(2)14(7-10)19-16(21)9-23-17(22)13-6-5-12(18)8-15(13)20/h3-8,20H,9H2,1-2H3,(H,19,21). The van der Waals surface area contributed by atoms with Gasteiger partial charge in [0, 0.05) is 10.7 Å². The number of esters is 1. The van der Waals surface area contributed by atoms with Crippen molar-refractivity contribution in [2.24, 2.45) is 0 Å². The first kappa shape index (κ1) is 16.8. The number of aromatic hydroxyl groups is 1. The third kappa shape index (κ3) is 4.47. The Morgan fingerprint density at radius 3 is 2.61 bits per heavy atom. The van der Waals surface area contributed by atoms with Crippen LogP contribution in [0.4, 0.5) is 5.69 Å². The maximum absolute atomic E-state index is 11.9. The summed E-state index contributed by atoms with van der Waals surface area (Å²) < 4.78 is 4.90. The Morgan fingerprint density at radius 1 is 1.17 bits per heavy atom. The topological polar surface area (TPSA) is 75.6 Å². The molecule has 0 aliphatic rings. The zero-order valence-electron chi connectivity index (χ0n) is 12.7. The number of hydrogen-bond donors (Lipinski definition) is 2. The Morgan fingerprint density at radius 2 is 1.91 bits per heavy atom. The first-order chi connectivity index (χ1) is 10.9. The van der Waals surface area contributed by atoms with Crippen LogP contribution in [0.25, 0.3) is 0 Å². The third-order valence-corrected chi connectivity index (χ3v) is 3.42. The summed E-state index contributed by atoms with van der Waals surface area (Å²) in [5, 5.41) is 12.6. The van der Waals surface area contributed by atoms with E-state index in [-0.39, 0.29) is 11.3 Å². The summed E-state index contributed by atoms with van der Waals surface area (Å²) in [6.07, 6.45) is 0. The van der Waals surface area contributed by atoms with E-state index in [9.17, 15) is 14.7 Å². The summed E-state index contributed by atoms with van der Waals surface area (Å²) in [7, 11) is 0. The minimum atomic E-state index is -0.796. The number of rotatable bonds is 4. The van der Waals surface area contributed by atoms with Crippen molar-refractivity contribution in [1.29, 1.82) is 0 Å². The predicted octanol–water partition coefficient (Wildman–Crippen LogP) is 3.46. The first-order valence-corrected chi connectivity index (χ1v) is 7.27. The summed E-state index contributed by atoms with van der Waals surface area (Å²) in [6.45, 7) is 3.33. The van der Waals surface area contributed by atoms with Gasteiger partial charge in [-0.15, -0.1) is 0 Å². The van der Waals surface area contributed by atoms with Crippen molar-refractivity contribution in [1.82, 2.24) is 0 Å². The molecule has 0 aliphatic heterocycles. The lowest BCUT2D eigenvalue weighted by molar-refractivity contribution is -0.119. The average Bonchev–Trinajstić information content (AvgIpc) is 2.48. The Labute approximate surface area is 138 Å². The van der Waals surface area contributed by atoms with Crippen LogP contribution in [-0.2, 0) is 9.53 Å². The van der Waals surface area contributed by atoms with Crippen LogP contribution in [0.3, 0.4) is 0 Å². The second kappa shape index (κ2) is 7.15. The van der Waals surface area contributed by atoms with Gasteiger partial charge in [0.2, 0.25) is 0 Å². The lowest BCUT2D eigenvalue weighted by Crippen LogP contribution is -2.21. The molecule has 2 N–H and O–H groups in total. The summed E-state index contributed by atoms with van der Waals surface area (Å²) in [4.78, 5) is 23.7. The molecular weight excluding hydrogens is 318 g/mol. The Bertz CT molecular complexity index is 758. The quantitative estimate of drug-likeness (QED) is 0.840. The van der Waals surface area contributed by atoms with Crippen LogP contribution in [0.5, 0.6) is 5.75 Å². The molecule has 0 saturated carbocycles. The Kier molecular flexibility index (Phi) is 5.24. The summed E-state index contributed by atoms with van der Waals surface area (Å²) in [5.74, 6) is -1.55. The molecular formula is C17H16ClNO4. The minimum Gasteiger partial charge on any atom is -0.507 e. The van der Waals surface area contributed by atoms with E-state index in [0.29, 0.717) is 10.7 Å². The minimum absolute atomic E-state index is 0.0473. The summed E-state index contributed by atoms with van der Waals surface area (Å²) >= 11 is 5.69. The molecule has 23 heavy (non-hydrogen) atoms. The van der Waals surface area contributed by atoms with Gasteiger partial charge in [-0.3, -0.25) is 4.79 Å². The fourth-order valence-electron chi connectivity index (χ4n) is 1.94. The van der Waals surface area contributed by atoms with Gasteiger partial charge in [-0.1, -0.05) is 23.7 Å². The highest BCUT2D eigenvalue weighted by Gasteiger charge is 2.15. The van der Waals surface area contributed by atoms with Crippen LogP contribution >= 0.6 is 11.6 Å². The van der Waals surface area contributed by atoms with Crippen molar-refractivity contribution in [3.63, 3.8) is 0 Å². The zero-order chi connectivity index (χ0) is 17.0. The number of phenols is 1. The fourth-order valence-corrected chi connectivity index (χ4v) is 2.11. The average molecular weight is 334 g/mol. The van der Waals surface area contributed by atoms with Crippen molar-refractivity contribution in [3.05, 3.63) is 58.1 Å². The van der Waals surface area contributed by atoms with Gasteiger partial charge >= 0.3 is 5.97 Å². The molecule has 0 aromatic heterocycles. The van der Waals surface area contributed by atoms with E-state index in [4.69, 9.17) is 16.3 Å². The number of amides is 1. The van der Waals surface area contributed by atoms with E-state index in [1.54, 1.807) is 0 Å². The zero-order valence-corrected chi connectivity index (χ0v) is 13.5. The van der Waals surface area contributed by atoms with Gasteiger partial charge in [-0.25, -0.2) is 4.79 Å². The second-order valence-corrected chi connectivity index (χ2v) is 5.54. The van der Waals surface area contributed by atoms with Crippen molar-refractivity contribution in [3.8, 4) is 5.75 Å². The highest BCUT2D eigenvalue weighted by molar-refractivity contribution is 6.30. The van der Waals surface area contributed by atoms with Crippen molar-refractivity contribution in [2.45, 2.75) is 13.8 Å². The number of benzene rings is 2. The van der Waals surface area contributed by atoms with E-state index >= 15 is 0 Å². The van der Waals surface area contributed by atoms with Crippen LogP contribution in [0, 0.1) is 13.8 Å². The molecule has 0 fully saturated rings. The molecule has 0 aliphatic carbocycles. The predicted molar refractivity (Wildman–Crippen MR) is 87.9 cm³/mol. The molecule has 0 bridgehead atoms. The van der Waals surface area contributed by atoms with Gasteiger partial charge in [-0.2, -0.15) is 0 Å². The van der Waals surface area contributed by atoms with E-state index in [1.807, 2.05) is 32.0 Å². The third-order valence-electron chi connectivity index (χ3n) is 3.18. The molecule has 5 nitrogen and oxygen atoms in total. The number of carbonyl (C=O) groups is 2. The SMILES string of the molecule is Cc1ccc(C)c(NC(=O)COC(=O)c2ccc(Cl)cc2O)c1. The summed E-state index contributed by atoms with van der Waals surface area (Å²) in [5.41, 5.74) is 2.54. The molecule has 6 heteroatoms. The number of phenolic OH excluding ortho intramolecular Hbond substituents is 1. The van der Waals surface area contributed by atoms with Crippen LogP contribution < -0.4 is 5.32 Å². The van der Waals surface area contributed by atoms with Crippen molar-refractivity contribution in [2.75, 3.05) is 11.9 Å². The van der Waals surface area contributed by atoms with E-state index < -0.39 is 18.5 Å². The van der Waals surface area contributed by atoms with Crippen LogP contribution in [0.1, 0.15) is 21.5 Å². The number of ether oxygens (including phenoxy) is 1. The largest absolute Gasteiger partial charge is 0.507 e. The highest BCUT2D eigenvalue weighted by Crippen LogP contribution is 2.22. The Balaban J connectivity index is 1.96. The number of carbonyl (C=O) groups excluding carboxylic acids is 2. The lowest BCUT2D eigenvalue weighted by atomic mass is 10.1.